The van der Waals surface area contributed by atoms with E-state index in [0.29, 0.717) is 12.0 Å². The van der Waals surface area contributed by atoms with Crippen molar-refractivity contribution in [1.29, 1.82) is 0 Å². The van der Waals surface area contributed by atoms with Crippen LogP contribution in [0.4, 0.5) is 0 Å². The molecule has 4 nitrogen and oxygen atoms in total. The Bertz CT molecular complexity index is 928. The van der Waals surface area contributed by atoms with Gasteiger partial charge < -0.3 is 15.6 Å². The molecule has 0 aliphatic rings. The summed E-state index contributed by atoms with van der Waals surface area (Å²) in [4.78, 5) is 16.1. The first-order chi connectivity index (χ1) is 14.3. The molecule has 1 aromatic heterocycles. The van der Waals surface area contributed by atoms with E-state index < -0.39 is 8.32 Å². The van der Waals surface area contributed by atoms with Crippen LogP contribution in [-0.2, 0) is 0 Å². The third kappa shape index (κ3) is 4.44. The summed E-state index contributed by atoms with van der Waals surface area (Å²) in [6, 6.07) is 21.4. The summed E-state index contributed by atoms with van der Waals surface area (Å²) in [7, 11) is -3.02. The average Bonchev–Trinajstić information content (AvgIpc) is 2.76. The Morgan fingerprint density at radius 1 is 1.00 bits per heavy atom. The van der Waals surface area contributed by atoms with E-state index >= 15 is 0 Å². The molecule has 0 amide bonds. The van der Waals surface area contributed by atoms with Crippen LogP contribution in [0.15, 0.2) is 72.9 Å². The van der Waals surface area contributed by atoms with Gasteiger partial charge >= 0.3 is 0 Å². The van der Waals surface area contributed by atoms with Crippen molar-refractivity contribution in [3.8, 4) is 5.75 Å². The normalized spacial score (nSPS) is 13.2. The standard InChI is InChI=1S/C24H29ClN2O2Si/c1-24(2,16-9-14-21(26)20-15-17-27-23(25)22(20)28)30(29,18-10-5-3-6-11-18)19-12-7-4-8-13-19/h3-8,10-13,15,17,21,28-29H,9,14,16,26H2,1-2H3/t21-/m0/s1. The second-order valence-corrected chi connectivity index (χ2v) is 12.7. The maximum atomic E-state index is 12.2. The first kappa shape index (κ1) is 22.5. The van der Waals surface area contributed by atoms with Crippen molar-refractivity contribution in [2.75, 3.05) is 0 Å². The van der Waals surface area contributed by atoms with Crippen molar-refractivity contribution in [1.82, 2.24) is 4.98 Å². The van der Waals surface area contributed by atoms with E-state index in [1.165, 1.54) is 0 Å². The van der Waals surface area contributed by atoms with Gasteiger partial charge in [-0.15, -0.1) is 0 Å². The van der Waals surface area contributed by atoms with E-state index in [4.69, 9.17) is 17.3 Å². The second kappa shape index (κ2) is 9.31. The lowest BCUT2D eigenvalue weighted by Gasteiger charge is -2.41. The maximum absolute atomic E-state index is 12.2. The molecule has 0 saturated heterocycles. The van der Waals surface area contributed by atoms with E-state index in [9.17, 15) is 9.90 Å². The first-order valence-electron chi connectivity index (χ1n) is 10.2. The molecule has 0 bridgehead atoms. The Hall–Kier alpha value is -2.18. The van der Waals surface area contributed by atoms with Crippen LogP contribution in [0.1, 0.15) is 44.7 Å². The largest absolute Gasteiger partial charge is 0.504 e. The molecule has 0 spiro atoms. The number of halogens is 1. The van der Waals surface area contributed by atoms with Gasteiger partial charge in [0.15, 0.2) is 10.9 Å². The number of nitrogens with two attached hydrogens (primary N) is 1. The average molecular weight is 441 g/mol. The van der Waals surface area contributed by atoms with Crippen LogP contribution in [0.2, 0.25) is 10.2 Å². The van der Waals surface area contributed by atoms with Gasteiger partial charge in [-0.25, -0.2) is 4.98 Å². The molecular weight excluding hydrogens is 412 g/mol. The summed E-state index contributed by atoms with van der Waals surface area (Å²) >= 11 is 5.92. The Labute approximate surface area is 184 Å². The molecule has 2 aromatic carbocycles. The Morgan fingerprint density at radius 2 is 1.53 bits per heavy atom. The number of rotatable bonds is 8. The lowest BCUT2D eigenvalue weighted by Crippen LogP contribution is -2.65. The second-order valence-electron chi connectivity index (χ2n) is 8.36. The number of pyridine rings is 1. The zero-order valence-corrected chi connectivity index (χ0v) is 19.2. The predicted molar refractivity (Wildman–Crippen MR) is 126 cm³/mol. The third-order valence-electron chi connectivity index (χ3n) is 5.99. The topological polar surface area (TPSA) is 79.4 Å². The summed E-state index contributed by atoms with van der Waals surface area (Å²) in [6.45, 7) is 4.29. The van der Waals surface area contributed by atoms with Crippen molar-refractivity contribution < 1.29 is 9.90 Å². The monoisotopic (exact) mass is 440 g/mol. The SMILES string of the molecule is CC(C)(CCC[C@H](N)c1ccnc(Cl)c1O)[Si](O)(c1ccccc1)c1ccccc1. The molecule has 0 aliphatic carbocycles. The zero-order chi connectivity index (χ0) is 21.8. The van der Waals surface area contributed by atoms with Gasteiger partial charge in [0.2, 0.25) is 0 Å². The van der Waals surface area contributed by atoms with Crippen molar-refractivity contribution in [3.63, 3.8) is 0 Å². The molecule has 0 aliphatic heterocycles. The number of aromatic nitrogens is 1. The number of benzene rings is 2. The van der Waals surface area contributed by atoms with Crippen LogP contribution < -0.4 is 16.1 Å². The molecule has 0 unspecified atom stereocenters. The van der Waals surface area contributed by atoms with E-state index in [1.807, 2.05) is 60.7 Å². The van der Waals surface area contributed by atoms with Gasteiger partial charge in [-0.1, -0.05) is 92.5 Å². The van der Waals surface area contributed by atoms with Gasteiger partial charge in [0.25, 0.3) is 8.32 Å². The van der Waals surface area contributed by atoms with E-state index in [2.05, 4.69) is 18.8 Å². The zero-order valence-electron chi connectivity index (χ0n) is 17.4. The smallest absolute Gasteiger partial charge is 0.258 e. The first-order valence-corrected chi connectivity index (χ1v) is 12.5. The summed E-state index contributed by atoms with van der Waals surface area (Å²) in [5.41, 5.74) is 6.93. The minimum absolute atomic E-state index is 0.0506. The minimum Gasteiger partial charge on any atom is -0.504 e. The van der Waals surface area contributed by atoms with Crippen molar-refractivity contribution in [2.45, 2.75) is 44.2 Å². The quantitative estimate of drug-likeness (QED) is 0.363. The fraction of sp³-hybridized carbons (Fsp3) is 0.292. The molecule has 1 atom stereocenters. The molecule has 30 heavy (non-hydrogen) atoms. The number of aromatic hydroxyl groups is 1. The van der Waals surface area contributed by atoms with E-state index in [1.54, 1.807) is 12.3 Å². The highest BCUT2D eigenvalue weighted by Crippen LogP contribution is 2.41. The maximum Gasteiger partial charge on any atom is 0.258 e. The number of hydrogen-bond acceptors (Lipinski definition) is 4. The van der Waals surface area contributed by atoms with Gasteiger partial charge in [0.05, 0.1) is 0 Å². The van der Waals surface area contributed by atoms with Crippen LogP contribution in [0.25, 0.3) is 0 Å². The highest BCUT2D eigenvalue weighted by molar-refractivity contribution is 6.98. The van der Waals surface area contributed by atoms with Crippen LogP contribution in [0.3, 0.4) is 0 Å². The number of nitrogens with zero attached hydrogens (tertiary/aromatic N) is 1. The Kier molecular flexibility index (Phi) is 6.98. The molecule has 6 heteroatoms. The Balaban J connectivity index is 1.81. The molecule has 3 rings (SSSR count). The number of hydrogen-bond donors (Lipinski definition) is 3. The highest BCUT2D eigenvalue weighted by atomic mass is 35.5. The van der Waals surface area contributed by atoms with Crippen LogP contribution >= 0.6 is 11.6 Å². The predicted octanol–water partition coefficient (Wildman–Crippen LogP) is 4.14. The minimum atomic E-state index is -3.02. The molecule has 0 saturated carbocycles. The lowest BCUT2D eigenvalue weighted by atomic mass is 9.98. The summed E-state index contributed by atoms with van der Waals surface area (Å²) in [6.07, 6.45) is 3.83. The van der Waals surface area contributed by atoms with Gasteiger partial charge in [-0.3, -0.25) is 0 Å². The molecule has 4 N–H and O–H groups in total. The van der Waals surface area contributed by atoms with E-state index in [-0.39, 0.29) is 22.0 Å². The molecule has 158 valence electrons. The highest BCUT2D eigenvalue weighted by Gasteiger charge is 2.49. The van der Waals surface area contributed by atoms with Crippen LogP contribution in [-0.4, -0.2) is 23.2 Å². The fourth-order valence-corrected chi connectivity index (χ4v) is 8.10. The molecule has 1 heterocycles. The molecule has 3 aromatic rings. The summed E-state index contributed by atoms with van der Waals surface area (Å²) in [5, 5.41) is 11.9. The van der Waals surface area contributed by atoms with Gasteiger partial charge in [0.1, 0.15) is 0 Å². The van der Waals surface area contributed by atoms with Crippen LogP contribution in [0, 0.1) is 0 Å². The van der Waals surface area contributed by atoms with Gasteiger partial charge in [0, 0.05) is 17.8 Å². The molecule has 0 radical (unpaired) electrons. The van der Waals surface area contributed by atoms with Crippen molar-refractivity contribution in [2.24, 2.45) is 5.73 Å². The van der Waals surface area contributed by atoms with Crippen molar-refractivity contribution in [3.05, 3.63) is 83.6 Å². The molecular formula is C24H29ClN2O2Si. The van der Waals surface area contributed by atoms with Gasteiger partial charge in [-0.2, -0.15) is 0 Å². The molecule has 0 fully saturated rings. The fourth-order valence-electron chi connectivity index (χ4n) is 4.15. The third-order valence-corrected chi connectivity index (χ3v) is 10.8. The van der Waals surface area contributed by atoms with Crippen LogP contribution in [0.5, 0.6) is 5.75 Å². The summed E-state index contributed by atoms with van der Waals surface area (Å²) in [5.74, 6) is -0.0506. The lowest BCUT2D eigenvalue weighted by molar-refractivity contribution is 0.431. The van der Waals surface area contributed by atoms with Gasteiger partial charge in [-0.05, 0) is 34.3 Å². The Morgan fingerprint density at radius 3 is 2.07 bits per heavy atom. The van der Waals surface area contributed by atoms with E-state index in [0.717, 1.165) is 23.2 Å². The summed E-state index contributed by atoms with van der Waals surface area (Å²) < 4.78 is 0. The van der Waals surface area contributed by atoms with Crippen molar-refractivity contribution >= 4 is 30.3 Å².